The van der Waals surface area contributed by atoms with Crippen molar-refractivity contribution in [2.24, 2.45) is 0 Å². The van der Waals surface area contributed by atoms with Gasteiger partial charge in [-0.05, 0) is 59.3 Å². The average molecular weight is 341 g/mol. The normalized spacial score (nSPS) is 10.2. The molecule has 88 valence electrons. The predicted molar refractivity (Wildman–Crippen MR) is 74.8 cm³/mol. The molecule has 0 saturated carbocycles. The second-order valence-electron chi connectivity index (χ2n) is 3.77. The first kappa shape index (κ1) is 12.1. The topological polar surface area (TPSA) is 57.8 Å². The second kappa shape index (κ2) is 5.31. The minimum Gasteiger partial charge on any atom is -0.326 e. The molecular weight excluding hydrogens is 329 g/mol. The Hall–Kier alpha value is -1.37. The van der Waals surface area contributed by atoms with Gasteiger partial charge < -0.3 is 5.32 Å². The third kappa shape index (κ3) is 3.29. The molecule has 0 radical (unpaired) electrons. The number of nitrogens with zero attached hydrogens (tertiary/aromatic N) is 1. The highest BCUT2D eigenvalue weighted by Gasteiger charge is 2.06. The molecule has 2 N–H and O–H groups in total. The van der Waals surface area contributed by atoms with E-state index in [4.69, 9.17) is 0 Å². The zero-order valence-corrected chi connectivity index (χ0v) is 11.5. The van der Waals surface area contributed by atoms with Crippen molar-refractivity contribution in [2.45, 2.75) is 13.3 Å². The number of hydrogen-bond acceptors (Lipinski definition) is 2. The minimum absolute atomic E-state index is 0.0430. The van der Waals surface area contributed by atoms with E-state index >= 15 is 0 Å². The second-order valence-corrected chi connectivity index (χ2v) is 5.01. The number of H-pyrrole nitrogens is 1. The third-order valence-corrected chi connectivity index (χ3v) is 3.04. The number of carbonyl (C=O) groups excluding carboxylic acids is 1. The van der Waals surface area contributed by atoms with Crippen molar-refractivity contribution in [1.82, 2.24) is 10.2 Å². The Bertz CT molecular complexity index is 523. The van der Waals surface area contributed by atoms with E-state index in [1.54, 1.807) is 12.3 Å². The molecule has 17 heavy (non-hydrogen) atoms. The van der Waals surface area contributed by atoms with Crippen LogP contribution in [0.4, 0.5) is 5.69 Å². The number of amides is 1. The lowest BCUT2D eigenvalue weighted by Crippen LogP contribution is -2.15. The molecule has 0 fully saturated rings. The van der Waals surface area contributed by atoms with E-state index in [0.29, 0.717) is 6.42 Å². The monoisotopic (exact) mass is 341 g/mol. The first-order valence-electron chi connectivity index (χ1n) is 5.19. The van der Waals surface area contributed by atoms with Crippen LogP contribution in [0, 0.1) is 10.5 Å². The van der Waals surface area contributed by atoms with Crippen LogP contribution in [0.25, 0.3) is 0 Å². The molecule has 0 aliphatic heterocycles. The van der Waals surface area contributed by atoms with Crippen LogP contribution in [-0.4, -0.2) is 16.1 Å². The van der Waals surface area contributed by atoms with Gasteiger partial charge in [0.15, 0.2) is 0 Å². The largest absolute Gasteiger partial charge is 0.326 e. The molecule has 1 aromatic carbocycles. The van der Waals surface area contributed by atoms with E-state index < -0.39 is 0 Å². The Morgan fingerprint density at radius 2 is 2.29 bits per heavy atom. The maximum absolute atomic E-state index is 11.8. The van der Waals surface area contributed by atoms with Gasteiger partial charge in [-0.15, -0.1) is 0 Å². The summed E-state index contributed by atoms with van der Waals surface area (Å²) in [5, 5.41) is 9.46. The maximum atomic E-state index is 11.8. The lowest BCUT2D eigenvalue weighted by Gasteiger charge is -2.08. The van der Waals surface area contributed by atoms with Gasteiger partial charge in [-0.3, -0.25) is 9.89 Å². The zero-order valence-electron chi connectivity index (χ0n) is 9.33. The lowest BCUT2D eigenvalue weighted by molar-refractivity contribution is -0.115. The molecule has 0 bridgehead atoms. The summed E-state index contributed by atoms with van der Waals surface area (Å²) in [6.45, 7) is 1.98. The maximum Gasteiger partial charge on any atom is 0.230 e. The molecule has 2 rings (SSSR count). The highest BCUT2D eigenvalue weighted by molar-refractivity contribution is 14.1. The minimum atomic E-state index is -0.0430. The standard InChI is InChI=1S/C12H12IN3O/c1-8-6-9(13)2-3-11(8)15-12(17)7-10-4-5-14-16-10/h2-6H,7H2,1H3,(H,14,16)(H,15,17). The molecule has 0 atom stereocenters. The zero-order chi connectivity index (χ0) is 12.3. The van der Waals surface area contributed by atoms with Crippen molar-refractivity contribution < 1.29 is 4.79 Å². The van der Waals surface area contributed by atoms with Crippen molar-refractivity contribution in [3.8, 4) is 0 Å². The first-order chi connectivity index (χ1) is 8.15. The van der Waals surface area contributed by atoms with Crippen LogP contribution in [-0.2, 0) is 11.2 Å². The summed E-state index contributed by atoms with van der Waals surface area (Å²) in [5.74, 6) is -0.0430. The Morgan fingerprint density at radius 3 is 2.94 bits per heavy atom. The van der Waals surface area contributed by atoms with Crippen molar-refractivity contribution >= 4 is 34.2 Å². The van der Waals surface area contributed by atoms with Crippen LogP contribution in [0.1, 0.15) is 11.3 Å². The van der Waals surface area contributed by atoms with Gasteiger partial charge in [-0.25, -0.2) is 0 Å². The number of aryl methyl sites for hydroxylation is 1. The number of benzene rings is 1. The molecule has 2 aromatic rings. The quantitative estimate of drug-likeness (QED) is 0.843. The van der Waals surface area contributed by atoms with Gasteiger partial charge in [0.05, 0.1) is 6.42 Å². The summed E-state index contributed by atoms with van der Waals surface area (Å²) in [7, 11) is 0. The van der Waals surface area contributed by atoms with Gasteiger partial charge in [-0.1, -0.05) is 0 Å². The predicted octanol–water partition coefficient (Wildman–Crippen LogP) is 2.50. The summed E-state index contributed by atoms with van der Waals surface area (Å²) in [5.41, 5.74) is 2.73. The Balaban J connectivity index is 2.03. The Kier molecular flexibility index (Phi) is 3.78. The highest BCUT2D eigenvalue weighted by atomic mass is 127. The van der Waals surface area contributed by atoms with E-state index in [1.165, 1.54) is 0 Å². The fourth-order valence-electron chi connectivity index (χ4n) is 1.52. The molecule has 5 heteroatoms. The molecule has 1 amide bonds. The molecule has 0 unspecified atom stereocenters. The van der Waals surface area contributed by atoms with Gasteiger partial charge in [0.1, 0.15) is 0 Å². The van der Waals surface area contributed by atoms with Crippen molar-refractivity contribution in [2.75, 3.05) is 5.32 Å². The Labute approximate surface area is 113 Å². The molecule has 1 aromatic heterocycles. The van der Waals surface area contributed by atoms with Crippen LogP contribution >= 0.6 is 22.6 Å². The van der Waals surface area contributed by atoms with E-state index in [0.717, 1.165) is 20.5 Å². The smallest absolute Gasteiger partial charge is 0.230 e. The summed E-state index contributed by atoms with van der Waals surface area (Å²) in [6.07, 6.45) is 1.95. The van der Waals surface area contributed by atoms with Crippen LogP contribution in [0.5, 0.6) is 0 Å². The van der Waals surface area contributed by atoms with Crippen LogP contribution in [0.2, 0.25) is 0 Å². The number of carbonyl (C=O) groups is 1. The van der Waals surface area contributed by atoms with Crippen LogP contribution in [0.3, 0.4) is 0 Å². The van der Waals surface area contributed by atoms with E-state index in [9.17, 15) is 4.79 Å². The van der Waals surface area contributed by atoms with Gasteiger partial charge in [-0.2, -0.15) is 5.10 Å². The molecule has 4 nitrogen and oxygen atoms in total. The number of aromatic nitrogens is 2. The Morgan fingerprint density at radius 1 is 1.47 bits per heavy atom. The van der Waals surface area contributed by atoms with Crippen molar-refractivity contribution in [1.29, 1.82) is 0 Å². The summed E-state index contributed by atoms with van der Waals surface area (Å²) in [6, 6.07) is 7.72. The van der Waals surface area contributed by atoms with E-state index in [1.807, 2.05) is 25.1 Å². The molecular formula is C12H12IN3O. The molecule has 0 spiro atoms. The summed E-state index contributed by atoms with van der Waals surface area (Å²) >= 11 is 2.25. The van der Waals surface area contributed by atoms with E-state index in [-0.39, 0.29) is 5.91 Å². The van der Waals surface area contributed by atoms with Gasteiger partial charge >= 0.3 is 0 Å². The van der Waals surface area contributed by atoms with Crippen molar-refractivity contribution in [3.63, 3.8) is 0 Å². The fraction of sp³-hybridized carbons (Fsp3) is 0.167. The number of hydrogen-bond donors (Lipinski definition) is 2. The number of halogens is 1. The first-order valence-corrected chi connectivity index (χ1v) is 6.27. The average Bonchev–Trinajstić information content (AvgIpc) is 2.75. The SMILES string of the molecule is Cc1cc(I)ccc1NC(=O)Cc1ccn[nH]1. The number of aromatic amines is 1. The highest BCUT2D eigenvalue weighted by Crippen LogP contribution is 2.17. The summed E-state index contributed by atoms with van der Waals surface area (Å²) in [4.78, 5) is 11.8. The molecule has 0 saturated heterocycles. The van der Waals surface area contributed by atoms with Gasteiger partial charge in [0.25, 0.3) is 0 Å². The van der Waals surface area contributed by atoms with Crippen LogP contribution in [0.15, 0.2) is 30.5 Å². The molecule has 0 aliphatic carbocycles. The lowest BCUT2D eigenvalue weighted by atomic mass is 10.2. The third-order valence-electron chi connectivity index (χ3n) is 2.37. The van der Waals surface area contributed by atoms with Gasteiger partial charge in [0.2, 0.25) is 5.91 Å². The van der Waals surface area contributed by atoms with Crippen LogP contribution < -0.4 is 5.32 Å². The molecule has 0 aliphatic rings. The summed E-state index contributed by atoms with van der Waals surface area (Å²) < 4.78 is 1.16. The van der Waals surface area contributed by atoms with E-state index in [2.05, 4.69) is 38.1 Å². The fourth-order valence-corrected chi connectivity index (χ4v) is 2.16. The number of nitrogens with one attached hydrogen (secondary N) is 2. The van der Waals surface area contributed by atoms with Gasteiger partial charge in [0, 0.05) is 21.1 Å². The number of anilines is 1. The number of rotatable bonds is 3. The molecule has 1 heterocycles. The van der Waals surface area contributed by atoms with Crippen molar-refractivity contribution in [3.05, 3.63) is 45.3 Å².